The van der Waals surface area contributed by atoms with E-state index in [0.29, 0.717) is 11.8 Å². The summed E-state index contributed by atoms with van der Waals surface area (Å²) in [6.45, 7) is 3.78. The summed E-state index contributed by atoms with van der Waals surface area (Å²) in [5.74, 6) is 1.35. The van der Waals surface area contributed by atoms with Crippen LogP contribution in [0.25, 0.3) is 0 Å². The van der Waals surface area contributed by atoms with Gasteiger partial charge < -0.3 is 10.6 Å². The lowest BCUT2D eigenvalue weighted by molar-refractivity contribution is 0.0665. The molecule has 3 rings (SSSR count). The van der Waals surface area contributed by atoms with Crippen molar-refractivity contribution in [1.29, 1.82) is 0 Å². The lowest BCUT2D eigenvalue weighted by Crippen LogP contribution is -2.45. The number of rotatable bonds is 3. The fourth-order valence-corrected chi connectivity index (χ4v) is 3.93. The number of nitrogens with zero attached hydrogens (tertiary/aromatic N) is 1. The van der Waals surface area contributed by atoms with Crippen LogP contribution < -0.4 is 5.73 Å². The molecule has 104 valence electrons. The van der Waals surface area contributed by atoms with Crippen LogP contribution in [0, 0.1) is 5.92 Å². The van der Waals surface area contributed by atoms with Crippen molar-refractivity contribution in [3.05, 3.63) is 21.9 Å². The minimum absolute atomic E-state index is 0.182. The predicted molar refractivity (Wildman–Crippen MR) is 78.6 cm³/mol. The van der Waals surface area contributed by atoms with Crippen LogP contribution in [0.4, 0.5) is 0 Å². The van der Waals surface area contributed by atoms with Crippen LogP contribution in [0.1, 0.15) is 53.8 Å². The van der Waals surface area contributed by atoms with Crippen molar-refractivity contribution in [2.75, 3.05) is 13.1 Å². The van der Waals surface area contributed by atoms with Gasteiger partial charge in [-0.15, -0.1) is 11.3 Å². The summed E-state index contributed by atoms with van der Waals surface area (Å²) in [6.07, 6.45) is 4.74. The van der Waals surface area contributed by atoms with Crippen molar-refractivity contribution < 1.29 is 4.79 Å². The fourth-order valence-electron chi connectivity index (χ4n) is 2.98. The molecule has 2 N–H and O–H groups in total. The van der Waals surface area contributed by atoms with E-state index in [1.54, 1.807) is 11.3 Å². The van der Waals surface area contributed by atoms with Gasteiger partial charge in [0.05, 0.1) is 4.88 Å². The molecule has 2 fully saturated rings. The van der Waals surface area contributed by atoms with Crippen molar-refractivity contribution in [2.45, 2.75) is 44.6 Å². The van der Waals surface area contributed by atoms with Gasteiger partial charge in [0.25, 0.3) is 5.91 Å². The van der Waals surface area contributed by atoms with Gasteiger partial charge in [0.15, 0.2) is 0 Å². The SMILES string of the molecule is C[C@@H](N)[C@H]1CCCN(C(=O)c2sccc2C2CC2)C1. The third-order valence-corrected chi connectivity index (χ3v) is 5.31. The van der Waals surface area contributed by atoms with Gasteiger partial charge >= 0.3 is 0 Å². The van der Waals surface area contributed by atoms with Crippen LogP contribution in [-0.2, 0) is 0 Å². The zero-order valence-corrected chi connectivity index (χ0v) is 12.3. The Morgan fingerprint density at radius 3 is 2.95 bits per heavy atom. The summed E-state index contributed by atoms with van der Waals surface area (Å²) < 4.78 is 0. The lowest BCUT2D eigenvalue weighted by atomic mass is 9.92. The van der Waals surface area contributed by atoms with Gasteiger partial charge in [-0.1, -0.05) is 0 Å². The van der Waals surface area contributed by atoms with Crippen LogP contribution in [-0.4, -0.2) is 29.9 Å². The highest BCUT2D eigenvalue weighted by Crippen LogP contribution is 2.43. The number of likely N-dealkylation sites (tertiary alicyclic amines) is 1. The molecule has 2 atom stereocenters. The maximum atomic E-state index is 12.7. The Morgan fingerprint density at radius 2 is 2.26 bits per heavy atom. The third-order valence-electron chi connectivity index (χ3n) is 4.40. The molecule has 19 heavy (non-hydrogen) atoms. The van der Waals surface area contributed by atoms with Crippen molar-refractivity contribution in [1.82, 2.24) is 4.90 Å². The van der Waals surface area contributed by atoms with E-state index in [9.17, 15) is 4.79 Å². The highest BCUT2D eigenvalue weighted by molar-refractivity contribution is 7.12. The second-order valence-corrected chi connectivity index (χ2v) is 6.91. The molecule has 3 nitrogen and oxygen atoms in total. The van der Waals surface area contributed by atoms with E-state index in [1.807, 2.05) is 4.90 Å². The summed E-state index contributed by atoms with van der Waals surface area (Å²) >= 11 is 1.61. The van der Waals surface area contributed by atoms with Gasteiger partial charge in [-0.2, -0.15) is 0 Å². The first kappa shape index (κ1) is 13.1. The van der Waals surface area contributed by atoms with E-state index in [1.165, 1.54) is 18.4 Å². The maximum absolute atomic E-state index is 12.7. The largest absolute Gasteiger partial charge is 0.338 e. The van der Waals surface area contributed by atoms with Gasteiger partial charge in [-0.25, -0.2) is 0 Å². The normalized spacial score (nSPS) is 25.4. The summed E-state index contributed by atoms with van der Waals surface area (Å²) in [6, 6.07) is 2.32. The standard InChI is InChI=1S/C15H22N2OS/c1-10(16)12-3-2-7-17(9-12)15(18)14-13(6-8-19-14)11-4-5-11/h6,8,10-12H,2-5,7,9,16H2,1H3/t10-,12+/m1/s1. The minimum Gasteiger partial charge on any atom is -0.338 e. The highest BCUT2D eigenvalue weighted by atomic mass is 32.1. The third kappa shape index (κ3) is 2.70. The van der Waals surface area contributed by atoms with Gasteiger partial charge in [-0.3, -0.25) is 4.79 Å². The number of carbonyl (C=O) groups is 1. The molecule has 0 radical (unpaired) electrons. The first-order valence-corrected chi connectivity index (χ1v) is 8.17. The van der Waals surface area contributed by atoms with E-state index in [2.05, 4.69) is 18.4 Å². The molecule has 1 aromatic heterocycles. The van der Waals surface area contributed by atoms with Gasteiger partial charge in [0.2, 0.25) is 0 Å². The second-order valence-electron chi connectivity index (χ2n) is 5.99. The minimum atomic E-state index is 0.182. The molecule has 1 aliphatic carbocycles. The maximum Gasteiger partial charge on any atom is 0.264 e. The van der Waals surface area contributed by atoms with Crippen molar-refractivity contribution in [2.24, 2.45) is 11.7 Å². The van der Waals surface area contributed by atoms with E-state index < -0.39 is 0 Å². The summed E-state index contributed by atoms with van der Waals surface area (Å²) in [5, 5.41) is 2.06. The molecule has 0 spiro atoms. The summed E-state index contributed by atoms with van der Waals surface area (Å²) in [4.78, 5) is 15.7. The monoisotopic (exact) mass is 278 g/mol. The number of hydrogen-bond acceptors (Lipinski definition) is 3. The number of carbonyl (C=O) groups excluding carboxylic acids is 1. The van der Waals surface area contributed by atoms with Crippen LogP contribution in [0.15, 0.2) is 11.4 Å². The number of amides is 1. The zero-order valence-electron chi connectivity index (χ0n) is 11.5. The first-order chi connectivity index (χ1) is 9.16. The molecule has 0 aromatic carbocycles. The van der Waals surface area contributed by atoms with E-state index >= 15 is 0 Å². The average molecular weight is 278 g/mol. The Hall–Kier alpha value is -0.870. The van der Waals surface area contributed by atoms with Gasteiger partial charge in [0.1, 0.15) is 0 Å². The summed E-state index contributed by atoms with van der Waals surface area (Å²) in [7, 11) is 0. The van der Waals surface area contributed by atoms with E-state index in [0.717, 1.165) is 30.8 Å². The van der Waals surface area contributed by atoms with Crippen LogP contribution in [0.3, 0.4) is 0 Å². The number of hydrogen-bond donors (Lipinski definition) is 1. The number of nitrogens with two attached hydrogens (primary N) is 1. The summed E-state index contributed by atoms with van der Waals surface area (Å²) in [5.41, 5.74) is 7.29. The Balaban J connectivity index is 1.74. The molecule has 2 aliphatic rings. The molecule has 2 heterocycles. The second kappa shape index (κ2) is 5.25. The zero-order chi connectivity index (χ0) is 13.4. The molecule has 4 heteroatoms. The predicted octanol–water partition coefficient (Wildman–Crippen LogP) is 2.82. The van der Waals surface area contributed by atoms with Crippen molar-refractivity contribution >= 4 is 17.2 Å². The van der Waals surface area contributed by atoms with Crippen LogP contribution in [0.5, 0.6) is 0 Å². The lowest BCUT2D eigenvalue weighted by Gasteiger charge is -2.34. The number of piperidine rings is 1. The smallest absolute Gasteiger partial charge is 0.264 e. The van der Waals surface area contributed by atoms with Crippen LogP contribution in [0.2, 0.25) is 0 Å². The molecule has 1 saturated carbocycles. The van der Waals surface area contributed by atoms with Gasteiger partial charge in [0, 0.05) is 19.1 Å². The Bertz CT molecular complexity index is 464. The molecule has 1 amide bonds. The van der Waals surface area contributed by atoms with Crippen molar-refractivity contribution in [3.8, 4) is 0 Å². The highest BCUT2D eigenvalue weighted by Gasteiger charge is 2.32. The van der Waals surface area contributed by atoms with Crippen molar-refractivity contribution in [3.63, 3.8) is 0 Å². The van der Waals surface area contributed by atoms with E-state index in [4.69, 9.17) is 5.73 Å². The Kier molecular flexibility index (Phi) is 3.63. The quantitative estimate of drug-likeness (QED) is 0.924. The topological polar surface area (TPSA) is 46.3 Å². The van der Waals surface area contributed by atoms with E-state index in [-0.39, 0.29) is 11.9 Å². The Morgan fingerprint density at radius 1 is 1.47 bits per heavy atom. The van der Waals surface area contributed by atoms with Gasteiger partial charge in [-0.05, 0) is 61.5 Å². The van der Waals surface area contributed by atoms with Crippen LogP contribution >= 0.6 is 11.3 Å². The fraction of sp³-hybridized carbons (Fsp3) is 0.667. The molecule has 1 aromatic rings. The molecular weight excluding hydrogens is 256 g/mol. The molecule has 1 saturated heterocycles. The molecule has 0 bridgehead atoms. The first-order valence-electron chi connectivity index (χ1n) is 7.29. The molecular formula is C15H22N2OS. The average Bonchev–Trinajstić information content (AvgIpc) is 3.15. The molecule has 1 aliphatic heterocycles. The Labute approximate surface area is 118 Å². The number of thiophene rings is 1. The molecule has 0 unspecified atom stereocenters.